The van der Waals surface area contributed by atoms with Gasteiger partial charge in [-0.3, -0.25) is 9.78 Å². The zero-order valence-corrected chi connectivity index (χ0v) is 9.60. The lowest BCUT2D eigenvalue weighted by Gasteiger charge is -2.24. The molecule has 0 amide bonds. The first kappa shape index (κ1) is 10.5. The molecule has 1 aliphatic heterocycles. The molecule has 1 fully saturated rings. The van der Waals surface area contributed by atoms with E-state index in [0.717, 1.165) is 48.7 Å². The van der Waals surface area contributed by atoms with E-state index in [9.17, 15) is 4.79 Å². The SMILES string of the molecule is O=Cc1cn(C2CCNCC2)c2cnccc12. The van der Waals surface area contributed by atoms with Crippen LogP contribution < -0.4 is 5.32 Å². The molecule has 0 aliphatic carbocycles. The van der Waals surface area contributed by atoms with Gasteiger partial charge in [-0.05, 0) is 32.0 Å². The van der Waals surface area contributed by atoms with Gasteiger partial charge in [-0.1, -0.05) is 0 Å². The number of nitrogens with one attached hydrogen (secondary N) is 1. The van der Waals surface area contributed by atoms with Gasteiger partial charge in [-0.2, -0.15) is 0 Å². The lowest BCUT2D eigenvalue weighted by Crippen LogP contribution is -2.29. The van der Waals surface area contributed by atoms with E-state index in [1.807, 2.05) is 18.5 Å². The first-order valence-corrected chi connectivity index (χ1v) is 6.00. The summed E-state index contributed by atoms with van der Waals surface area (Å²) in [6.45, 7) is 2.09. The number of hydrogen-bond donors (Lipinski definition) is 1. The molecule has 88 valence electrons. The Kier molecular flexibility index (Phi) is 2.65. The first-order chi connectivity index (χ1) is 8.40. The van der Waals surface area contributed by atoms with Gasteiger partial charge in [0, 0.05) is 29.4 Å². The van der Waals surface area contributed by atoms with Crippen LogP contribution in [0.1, 0.15) is 29.2 Å². The summed E-state index contributed by atoms with van der Waals surface area (Å²) in [4.78, 5) is 15.2. The minimum atomic E-state index is 0.483. The summed E-state index contributed by atoms with van der Waals surface area (Å²) in [5.74, 6) is 0. The largest absolute Gasteiger partial charge is 0.342 e. The molecule has 2 aromatic rings. The van der Waals surface area contributed by atoms with E-state index in [1.165, 1.54) is 0 Å². The normalized spacial score (nSPS) is 17.4. The molecule has 1 N–H and O–H groups in total. The van der Waals surface area contributed by atoms with Gasteiger partial charge in [-0.15, -0.1) is 0 Å². The number of pyridine rings is 1. The second-order valence-corrected chi connectivity index (χ2v) is 4.48. The van der Waals surface area contributed by atoms with E-state index in [-0.39, 0.29) is 0 Å². The number of hydrogen-bond acceptors (Lipinski definition) is 3. The van der Waals surface area contributed by atoms with Gasteiger partial charge in [0.25, 0.3) is 0 Å². The van der Waals surface area contributed by atoms with E-state index < -0.39 is 0 Å². The van der Waals surface area contributed by atoms with E-state index in [4.69, 9.17) is 0 Å². The minimum absolute atomic E-state index is 0.483. The average molecular weight is 229 g/mol. The number of carbonyl (C=O) groups is 1. The van der Waals surface area contributed by atoms with Gasteiger partial charge in [0.05, 0.1) is 11.7 Å². The van der Waals surface area contributed by atoms with E-state index in [2.05, 4.69) is 14.9 Å². The highest BCUT2D eigenvalue weighted by Crippen LogP contribution is 2.27. The van der Waals surface area contributed by atoms with E-state index in [1.54, 1.807) is 6.20 Å². The average Bonchev–Trinajstić information content (AvgIpc) is 2.78. The zero-order chi connectivity index (χ0) is 11.7. The van der Waals surface area contributed by atoms with E-state index >= 15 is 0 Å². The molecular formula is C13H15N3O. The molecule has 3 heterocycles. The van der Waals surface area contributed by atoms with Crippen LogP contribution in [-0.4, -0.2) is 28.9 Å². The standard InChI is InChI=1S/C13H15N3O/c17-9-10-8-16(11-1-4-14-5-2-11)13-7-15-6-3-12(10)13/h3,6-9,11,14H,1-2,4-5H2. The minimum Gasteiger partial charge on any atom is -0.342 e. The van der Waals surface area contributed by atoms with Crippen molar-refractivity contribution >= 4 is 17.2 Å². The number of carbonyl (C=O) groups excluding carboxylic acids is 1. The van der Waals surface area contributed by atoms with Crippen LogP contribution in [0.15, 0.2) is 24.7 Å². The second-order valence-electron chi connectivity index (χ2n) is 4.48. The molecule has 3 rings (SSSR count). The maximum Gasteiger partial charge on any atom is 0.152 e. The van der Waals surface area contributed by atoms with Gasteiger partial charge in [0.1, 0.15) is 0 Å². The quantitative estimate of drug-likeness (QED) is 0.798. The van der Waals surface area contributed by atoms with Crippen molar-refractivity contribution in [1.82, 2.24) is 14.9 Å². The molecule has 4 nitrogen and oxygen atoms in total. The number of rotatable bonds is 2. The van der Waals surface area contributed by atoms with Crippen molar-refractivity contribution in [3.63, 3.8) is 0 Å². The third-order valence-corrected chi connectivity index (χ3v) is 3.50. The van der Waals surface area contributed by atoms with Crippen molar-refractivity contribution in [1.29, 1.82) is 0 Å². The number of aromatic nitrogens is 2. The number of nitrogens with zero attached hydrogens (tertiary/aromatic N) is 2. The van der Waals surface area contributed by atoms with Crippen LogP contribution in [0.5, 0.6) is 0 Å². The fourth-order valence-electron chi connectivity index (χ4n) is 2.61. The van der Waals surface area contributed by atoms with E-state index in [0.29, 0.717) is 6.04 Å². The Balaban J connectivity index is 2.11. The van der Waals surface area contributed by atoms with Gasteiger partial charge in [0.15, 0.2) is 6.29 Å². The Bertz CT molecular complexity index is 541. The summed E-state index contributed by atoms with van der Waals surface area (Å²) in [6, 6.07) is 2.40. The third-order valence-electron chi connectivity index (χ3n) is 3.50. The highest BCUT2D eigenvalue weighted by Gasteiger charge is 2.18. The zero-order valence-electron chi connectivity index (χ0n) is 9.60. The lowest BCUT2D eigenvalue weighted by atomic mass is 10.1. The van der Waals surface area contributed by atoms with Gasteiger partial charge in [-0.25, -0.2) is 0 Å². The third kappa shape index (κ3) is 1.74. The Morgan fingerprint density at radius 2 is 2.24 bits per heavy atom. The molecule has 0 saturated carbocycles. The van der Waals surface area contributed by atoms with Gasteiger partial charge in [0.2, 0.25) is 0 Å². The van der Waals surface area contributed by atoms with Crippen molar-refractivity contribution < 1.29 is 4.79 Å². The van der Waals surface area contributed by atoms with Crippen LogP contribution in [0.4, 0.5) is 0 Å². The first-order valence-electron chi connectivity index (χ1n) is 6.00. The maximum atomic E-state index is 11.1. The predicted molar refractivity (Wildman–Crippen MR) is 66.3 cm³/mol. The Labute approximate surface area is 99.6 Å². The summed E-state index contributed by atoms with van der Waals surface area (Å²) in [5, 5.41) is 4.36. The second kappa shape index (κ2) is 4.30. The highest BCUT2D eigenvalue weighted by molar-refractivity contribution is 5.97. The lowest BCUT2D eigenvalue weighted by molar-refractivity contribution is 0.112. The Morgan fingerprint density at radius 3 is 3.00 bits per heavy atom. The number of piperidine rings is 1. The van der Waals surface area contributed by atoms with Gasteiger partial charge < -0.3 is 9.88 Å². The van der Waals surface area contributed by atoms with Crippen LogP contribution in [0.2, 0.25) is 0 Å². The summed E-state index contributed by atoms with van der Waals surface area (Å²) in [5.41, 5.74) is 1.84. The van der Waals surface area contributed by atoms with Crippen molar-refractivity contribution in [3.05, 3.63) is 30.2 Å². The molecule has 4 heteroatoms. The van der Waals surface area contributed by atoms with Crippen LogP contribution in [-0.2, 0) is 0 Å². The van der Waals surface area contributed by atoms with Crippen LogP contribution in [0.3, 0.4) is 0 Å². The molecule has 2 aromatic heterocycles. The van der Waals surface area contributed by atoms with Crippen LogP contribution >= 0.6 is 0 Å². The molecule has 0 atom stereocenters. The molecule has 17 heavy (non-hydrogen) atoms. The molecule has 0 unspecified atom stereocenters. The Morgan fingerprint density at radius 1 is 1.41 bits per heavy atom. The van der Waals surface area contributed by atoms with Gasteiger partial charge >= 0.3 is 0 Å². The van der Waals surface area contributed by atoms with Crippen LogP contribution in [0.25, 0.3) is 10.9 Å². The fourth-order valence-corrected chi connectivity index (χ4v) is 2.61. The predicted octanol–water partition coefficient (Wildman–Crippen LogP) is 1.77. The monoisotopic (exact) mass is 229 g/mol. The number of fused-ring (bicyclic) bond motifs is 1. The van der Waals surface area contributed by atoms with Crippen molar-refractivity contribution in [3.8, 4) is 0 Å². The molecular weight excluding hydrogens is 214 g/mol. The summed E-state index contributed by atoms with van der Waals surface area (Å²) < 4.78 is 2.22. The maximum absolute atomic E-state index is 11.1. The molecule has 0 spiro atoms. The van der Waals surface area contributed by atoms with Crippen molar-refractivity contribution in [2.45, 2.75) is 18.9 Å². The van der Waals surface area contributed by atoms with Crippen LogP contribution in [0, 0.1) is 0 Å². The molecule has 0 bridgehead atoms. The van der Waals surface area contributed by atoms with Crippen molar-refractivity contribution in [2.75, 3.05) is 13.1 Å². The summed E-state index contributed by atoms with van der Waals surface area (Å²) in [6.07, 6.45) is 8.70. The molecule has 1 aliphatic rings. The fraction of sp³-hybridized carbons (Fsp3) is 0.385. The van der Waals surface area contributed by atoms with Crippen molar-refractivity contribution in [2.24, 2.45) is 0 Å². The molecule has 0 aromatic carbocycles. The topological polar surface area (TPSA) is 46.9 Å². The Hall–Kier alpha value is -1.68. The highest BCUT2D eigenvalue weighted by atomic mass is 16.1. The summed E-state index contributed by atoms with van der Waals surface area (Å²) in [7, 11) is 0. The summed E-state index contributed by atoms with van der Waals surface area (Å²) >= 11 is 0. The molecule has 1 saturated heterocycles. The smallest absolute Gasteiger partial charge is 0.152 e. The molecule has 0 radical (unpaired) electrons. The number of aldehydes is 1.